The van der Waals surface area contributed by atoms with Crippen molar-refractivity contribution in [2.45, 2.75) is 45.7 Å². The van der Waals surface area contributed by atoms with Gasteiger partial charge in [-0.2, -0.15) is 0 Å². The standard InChI is InChI=1S/C22H26FN3O2S/c1-12-5-7-15-18(9-12)29-22-19(15)21(27)24-20(25-22)13(2)26(3)11-14-6-8-17(28-4)16(23)10-14/h6,8,10,12-13H,5,7,9,11H2,1-4H3,(H,24,25,27)/t12-,13+/m1/s1. The van der Waals surface area contributed by atoms with E-state index in [1.807, 2.05) is 24.9 Å². The van der Waals surface area contributed by atoms with Crippen molar-refractivity contribution in [1.82, 2.24) is 14.9 Å². The number of methoxy groups -OCH3 is 1. The van der Waals surface area contributed by atoms with Crippen molar-refractivity contribution in [3.05, 3.63) is 56.2 Å². The smallest absolute Gasteiger partial charge is 0.259 e. The molecule has 2 aromatic heterocycles. The molecule has 0 spiro atoms. The minimum Gasteiger partial charge on any atom is -0.494 e. The van der Waals surface area contributed by atoms with Crippen LogP contribution in [0.5, 0.6) is 5.75 Å². The van der Waals surface area contributed by atoms with Gasteiger partial charge in [0.05, 0.1) is 18.5 Å². The number of hydrogen-bond acceptors (Lipinski definition) is 5. The number of aryl methyl sites for hydroxylation is 1. The first-order valence-corrected chi connectivity index (χ1v) is 10.8. The minimum absolute atomic E-state index is 0.0483. The number of thiophene rings is 1. The fraction of sp³-hybridized carbons (Fsp3) is 0.455. The van der Waals surface area contributed by atoms with Crippen LogP contribution in [0.25, 0.3) is 10.2 Å². The molecule has 29 heavy (non-hydrogen) atoms. The molecule has 1 N–H and O–H groups in total. The molecule has 0 bridgehead atoms. The summed E-state index contributed by atoms with van der Waals surface area (Å²) in [5, 5.41) is 0.771. The average molecular weight is 416 g/mol. The largest absolute Gasteiger partial charge is 0.494 e. The second-order valence-corrected chi connectivity index (χ2v) is 9.13. The van der Waals surface area contributed by atoms with Crippen LogP contribution in [0.3, 0.4) is 0 Å². The summed E-state index contributed by atoms with van der Waals surface area (Å²) in [5.41, 5.74) is 1.98. The number of H-pyrrole nitrogens is 1. The Hall–Kier alpha value is -2.25. The lowest BCUT2D eigenvalue weighted by atomic mass is 9.89. The third-order valence-electron chi connectivity index (χ3n) is 5.89. The molecule has 2 heterocycles. The molecule has 1 aliphatic carbocycles. The first-order valence-electron chi connectivity index (χ1n) is 9.94. The van der Waals surface area contributed by atoms with Crippen LogP contribution in [-0.4, -0.2) is 29.0 Å². The first-order chi connectivity index (χ1) is 13.9. The maximum atomic E-state index is 14.0. The summed E-state index contributed by atoms with van der Waals surface area (Å²) in [7, 11) is 3.39. The second-order valence-electron chi connectivity index (χ2n) is 8.04. The second kappa shape index (κ2) is 7.88. The topological polar surface area (TPSA) is 58.2 Å². The molecule has 1 aromatic carbocycles. The van der Waals surface area contributed by atoms with Crippen LogP contribution < -0.4 is 10.3 Å². The quantitative estimate of drug-likeness (QED) is 0.669. The fourth-order valence-corrected chi connectivity index (χ4v) is 5.40. The Morgan fingerprint density at radius 3 is 2.97 bits per heavy atom. The number of aromatic nitrogens is 2. The molecular formula is C22H26FN3O2S. The number of aromatic amines is 1. The zero-order valence-electron chi connectivity index (χ0n) is 17.2. The maximum Gasteiger partial charge on any atom is 0.259 e. The van der Waals surface area contributed by atoms with Crippen molar-refractivity contribution < 1.29 is 9.13 Å². The molecule has 7 heteroatoms. The van der Waals surface area contributed by atoms with E-state index in [1.165, 1.54) is 23.6 Å². The number of ether oxygens (including phenoxy) is 1. The van der Waals surface area contributed by atoms with Crippen LogP contribution >= 0.6 is 11.3 Å². The van der Waals surface area contributed by atoms with Gasteiger partial charge in [0.25, 0.3) is 5.56 Å². The molecule has 1 aliphatic rings. The minimum atomic E-state index is -0.377. The van der Waals surface area contributed by atoms with Crippen molar-refractivity contribution in [3.8, 4) is 5.75 Å². The summed E-state index contributed by atoms with van der Waals surface area (Å²) in [4.78, 5) is 24.8. The van der Waals surface area contributed by atoms with E-state index in [2.05, 4.69) is 11.9 Å². The van der Waals surface area contributed by atoms with Crippen molar-refractivity contribution in [3.63, 3.8) is 0 Å². The van der Waals surface area contributed by atoms with Gasteiger partial charge in [-0.3, -0.25) is 9.69 Å². The van der Waals surface area contributed by atoms with E-state index in [-0.39, 0.29) is 23.2 Å². The molecular weight excluding hydrogens is 389 g/mol. The summed E-state index contributed by atoms with van der Waals surface area (Å²) in [6.07, 6.45) is 3.11. The Balaban J connectivity index is 1.60. The monoisotopic (exact) mass is 415 g/mol. The van der Waals surface area contributed by atoms with E-state index in [4.69, 9.17) is 9.72 Å². The van der Waals surface area contributed by atoms with Crippen molar-refractivity contribution in [1.29, 1.82) is 0 Å². The molecule has 0 amide bonds. The Morgan fingerprint density at radius 2 is 2.24 bits per heavy atom. The van der Waals surface area contributed by atoms with Crippen molar-refractivity contribution >= 4 is 21.6 Å². The SMILES string of the molecule is COc1ccc(CN(C)[C@@H](C)c2nc3sc4c(c3c(=O)[nH]2)CC[C@@H](C)C4)cc1F. The summed E-state index contributed by atoms with van der Waals surface area (Å²) in [6, 6.07) is 4.84. The molecule has 4 rings (SSSR count). The average Bonchev–Trinajstić information content (AvgIpc) is 3.05. The molecule has 0 radical (unpaired) electrons. The van der Waals surface area contributed by atoms with Crippen molar-refractivity contribution in [2.75, 3.05) is 14.2 Å². The predicted octanol–water partition coefficient (Wildman–Crippen LogP) is 4.45. The molecule has 0 fully saturated rings. The van der Waals surface area contributed by atoms with Gasteiger partial charge < -0.3 is 9.72 Å². The number of nitrogens with zero attached hydrogens (tertiary/aromatic N) is 2. The molecule has 0 aliphatic heterocycles. The molecule has 0 saturated heterocycles. The summed E-state index contributed by atoms with van der Waals surface area (Å²) in [6.45, 7) is 4.79. The Morgan fingerprint density at radius 1 is 1.45 bits per heavy atom. The lowest BCUT2D eigenvalue weighted by molar-refractivity contribution is 0.243. The lowest BCUT2D eigenvalue weighted by Gasteiger charge is -2.24. The first kappa shape index (κ1) is 20.0. The van der Waals surface area contributed by atoms with Crippen LogP contribution in [0.15, 0.2) is 23.0 Å². The summed E-state index contributed by atoms with van der Waals surface area (Å²) < 4.78 is 19.0. The Labute approximate surface area is 173 Å². The zero-order valence-corrected chi connectivity index (χ0v) is 18.0. The Kier molecular flexibility index (Phi) is 5.44. The number of fused-ring (bicyclic) bond motifs is 3. The van der Waals surface area contributed by atoms with Gasteiger partial charge >= 0.3 is 0 Å². The van der Waals surface area contributed by atoms with Crippen LogP contribution in [-0.2, 0) is 19.4 Å². The van der Waals surface area contributed by atoms with E-state index in [0.29, 0.717) is 18.3 Å². The summed E-state index contributed by atoms with van der Waals surface area (Å²) >= 11 is 1.66. The highest BCUT2D eigenvalue weighted by atomic mass is 32.1. The fourth-order valence-electron chi connectivity index (χ4n) is 4.01. The number of benzene rings is 1. The van der Waals surface area contributed by atoms with Gasteiger partial charge in [0, 0.05) is 11.4 Å². The van der Waals surface area contributed by atoms with Crippen LogP contribution in [0.2, 0.25) is 0 Å². The molecule has 3 aromatic rings. The van der Waals surface area contributed by atoms with Crippen molar-refractivity contribution in [2.24, 2.45) is 5.92 Å². The molecule has 2 atom stereocenters. The zero-order chi connectivity index (χ0) is 20.7. The van der Waals surface area contributed by atoms with Gasteiger partial charge in [0.15, 0.2) is 11.6 Å². The van der Waals surface area contributed by atoms with Gasteiger partial charge in [-0.15, -0.1) is 11.3 Å². The van der Waals surface area contributed by atoms with Gasteiger partial charge in [0.2, 0.25) is 0 Å². The maximum absolute atomic E-state index is 14.0. The number of rotatable bonds is 5. The van der Waals surface area contributed by atoms with E-state index in [1.54, 1.807) is 17.4 Å². The highest BCUT2D eigenvalue weighted by Crippen LogP contribution is 2.36. The van der Waals surface area contributed by atoms with Gasteiger partial charge in [-0.05, 0) is 62.4 Å². The number of nitrogens with one attached hydrogen (secondary N) is 1. The molecule has 0 unspecified atom stereocenters. The van der Waals surface area contributed by atoms with E-state index in [0.717, 1.165) is 35.0 Å². The van der Waals surface area contributed by atoms with E-state index < -0.39 is 0 Å². The molecule has 154 valence electrons. The number of halogens is 1. The third-order valence-corrected chi connectivity index (χ3v) is 7.04. The highest BCUT2D eigenvalue weighted by molar-refractivity contribution is 7.18. The molecule has 0 saturated carbocycles. The summed E-state index contributed by atoms with van der Waals surface area (Å²) in [5.74, 6) is 1.16. The van der Waals surface area contributed by atoms with E-state index >= 15 is 0 Å². The predicted molar refractivity (Wildman–Crippen MR) is 114 cm³/mol. The van der Waals surface area contributed by atoms with Crippen LogP contribution in [0, 0.1) is 11.7 Å². The number of hydrogen-bond donors (Lipinski definition) is 1. The van der Waals surface area contributed by atoms with Crippen LogP contribution in [0.1, 0.15) is 48.1 Å². The third kappa shape index (κ3) is 3.81. The van der Waals surface area contributed by atoms with Gasteiger partial charge in [-0.25, -0.2) is 9.37 Å². The molecule has 5 nitrogen and oxygen atoms in total. The Bertz CT molecular complexity index is 1110. The van der Waals surface area contributed by atoms with Crippen LogP contribution in [0.4, 0.5) is 4.39 Å². The van der Waals surface area contributed by atoms with Gasteiger partial charge in [-0.1, -0.05) is 13.0 Å². The highest BCUT2D eigenvalue weighted by Gasteiger charge is 2.24. The van der Waals surface area contributed by atoms with E-state index in [9.17, 15) is 9.18 Å². The van der Waals surface area contributed by atoms with Gasteiger partial charge in [0.1, 0.15) is 10.7 Å². The lowest BCUT2D eigenvalue weighted by Crippen LogP contribution is -2.26. The normalized spacial score (nSPS) is 17.5.